The van der Waals surface area contributed by atoms with Crippen LogP contribution in [0.15, 0.2) is 11.7 Å². The van der Waals surface area contributed by atoms with Crippen LogP contribution in [-0.2, 0) is 9.53 Å². The number of nitrogens with zero attached hydrogens (tertiary/aromatic N) is 1. The van der Waals surface area contributed by atoms with Crippen LogP contribution in [0.4, 0.5) is 0 Å². The van der Waals surface area contributed by atoms with Gasteiger partial charge in [-0.15, -0.1) is 11.3 Å². The molecule has 0 saturated heterocycles. The van der Waals surface area contributed by atoms with Gasteiger partial charge >= 0.3 is 5.97 Å². The number of hydrogen-bond acceptors (Lipinski definition) is 5. The summed E-state index contributed by atoms with van der Waals surface area (Å²) in [6.45, 7) is 5.38. The average Bonchev–Trinajstić information content (AvgIpc) is 2.69. The van der Waals surface area contributed by atoms with E-state index in [0.717, 1.165) is 0 Å². The molecule has 4 nitrogen and oxygen atoms in total. The fourth-order valence-electron chi connectivity index (χ4n) is 1.15. The van der Waals surface area contributed by atoms with Gasteiger partial charge in [0.25, 0.3) is 0 Å². The van der Waals surface area contributed by atoms with Crippen LogP contribution in [0.1, 0.15) is 31.8 Å². The lowest BCUT2D eigenvalue weighted by molar-refractivity contribution is -0.160. The molecule has 1 atom stereocenters. The van der Waals surface area contributed by atoms with E-state index < -0.39 is 17.5 Å². The van der Waals surface area contributed by atoms with Crippen LogP contribution in [0.5, 0.6) is 0 Å². The molecule has 1 aromatic heterocycles. The van der Waals surface area contributed by atoms with Crippen LogP contribution in [0.2, 0.25) is 0 Å². The second-order valence-corrected chi connectivity index (χ2v) is 4.67. The molecule has 1 rings (SSSR count). The van der Waals surface area contributed by atoms with E-state index in [1.165, 1.54) is 11.3 Å². The summed E-state index contributed by atoms with van der Waals surface area (Å²) in [6.07, 6.45) is 0.695. The van der Waals surface area contributed by atoms with E-state index >= 15 is 0 Å². The van der Waals surface area contributed by atoms with Crippen LogP contribution >= 0.6 is 11.3 Å². The normalized spacial score (nSPS) is 13.6. The zero-order valence-electron chi connectivity index (χ0n) is 9.06. The Labute approximate surface area is 92.9 Å². The molecule has 0 fully saturated rings. The molecule has 84 valence electrons. The number of carbonyl (C=O) groups excluding carboxylic acids is 1. The zero-order chi connectivity index (χ0) is 11.5. The fourth-order valence-corrected chi connectivity index (χ4v) is 1.93. The number of rotatable bonds is 4. The van der Waals surface area contributed by atoms with Gasteiger partial charge in [-0.2, -0.15) is 0 Å². The van der Waals surface area contributed by atoms with Gasteiger partial charge in [-0.05, 0) is 20.8 Å². The molecule has 0 bridgehead atoms. The van der Waals surface area contributed by atoms with Gasteiger partial charge < -0.3 is 9.84 Å². The van der Waals surface area contributed by atoms with Gasteiger partial charge in [0, 0.05) is 6.20 Å². The largest absolute Gasteiger partial charge is 0.465 e. The zero-order valence-corrected chi connectivity index (χ0v) is 9.87. The summed E-state index contributed by atoms with van der Waals surface area (Å²) in [4.78, 5) is 16.1. The Bertz CT molecular complexity index is 321. The Morgan fingerprint density at radius 1 is 1.73 bits per heavy atom. The van der Waals surface area contributed by atoms with Crippen molar-refractivity contribution in [3.05, 3.63) is 16.6 Å². The number of aliphatic hydroxyl groups is 1. The number of carbonyl (C=O) groups is 1. The topological polar surface area (TPSA) is 59.4 Å². The van der Waals surface area contributed by atoms with Crippen molar-refractivity contribution in [1.29, 1.82) is 0 Å². The second-order valence-electron chi connectivity index (χ2n) is 3.75. The summed E-state index contributed by atoms with van der Waals surface area (Å²) in [5.41, 5.74) is 0.683. The highest BCUT2D eigenvalue weighted by molar-refractivity contribution is 7.09. The molecular weight excluding hydrogens is 214 g/mol. The highest BCUT2D eigenvalue weighted by atomic mass is 32.1. The average molecular weight is 229 g/mol. The van der Waals surface area contributed by atoms with Crippen LogP contribution in [0.3, 0.4) is 0 Å². The van der Waals surface area contributed by atoms with Gasteiger partial charge in [-0.1, -0.05) is 0 Å². The standard InChI is InChI=1S/C10H15NO3S/c1-4-14-9(13)10(2,3)8(12)7-5-11-6-15-7/h5-6,8,12H,4H2,1-3H3. The van der Waals surface area contributed by atoms with E-state index in [9.17, 15) is 9.90 Å². The Balaban J connectivity index is 2.81. The number of hydrogen-bond donors (Lipinski definition) is 1. The molecule has 0 radical (unpaired) electrons. The highest BCUT2D eigenvalue weighted by Crippen LogP contribution is 2.35. The first-order chi connectivity index (χ1) is 7.00. The van der Waals surface area contributed by atoms with Gasteiger partial charge in [-0.3, -0.25) is 9.78 Å². The highest BCUT2D eigenvalue weighted by Gasteiger charge is 2.38. The third-order valence-electron chi connectivity index (χ3n) is 2.21. The molecule has 15 heavy (non-hydrogen) atoms. The summed E-state index contributed by atoms with van der Waals surface area (Å²) >= 11 is 1.32. The molecule has 0 aliphatic rings. The maximum absolute atomic E-state index is 11.6. The summed E-state index contributed by atoms with van der Waals surface area (Å²) in [5.74, 6) is -0.397. The van der Waals surface area contributed by atoms with Crippen molar-refractivity contribution in [1.82, 2.24) is 4.98 Å². The predicted molar refractivity (Wildman–Crippen MR) is 57.5 cm³/mol. The Morgan fingerprint density at radius 3 is 2.87 bits per heavy atom. The number of aliphatic hydroxyl groups excluding tert-OH is 1. The number of aromatic nitrogens is 1. The van der Waals surface area contributed by atoms with E-state index in [2.05, 4.69) is 4.98 Å². The van der Waals surface area contributed by atoms with E-state index in [-0.39, 0.29) is 0 Å². The Morgan fingerprint density at radius 2 is 2.40 bits per heavy atom. The Kier molecular flexibility index (Phi) is 3.82. The minimum Gasteiger partial charge on any atom is -0.465 e. The second kappa shape index (κ2) is 4.72. The predicted octanol–water partition coefficient (Wildman–Crippen LogP) is 1.77. The molecule has 0 aliphatic heterocycles. The van der Waals surface area contributed by atoms with Crippen molar-refractivity contribution in [2.45, 2.75) is 26.9 Å². The quantitative estimate of drug-likeness (QED) is 0.799. The van der Waals surface area contributed by atoms with Crippen molar-refractivity contribution >= 4 is 17.3 Å². The van der Waals surface area contributed by atoms with E-state index in [1.807, 2.05) is 0 Å². The first-order valence-corrected chi connectivity index (χ1v) is 5.61. The first-order valence-electron chi connectivity index (χ1n) is 4.73. The maximum Gasteiger partial charge on any atom is 0.314 e. The van der Waals surface area contributed by atoms with Crippen LogP contribution in [-0.4, -0.2) is 22.7 Å². The molecule has 1 aromatic rings. The summed E-state index contributed by atoms with van der Waals surface area (Å²) in [5, 5.41) is 10.0. The fraction of sp³-hybridized carbons (Fsp3) is 0.600. The SMILES string of the molecule is CCOC(=O)C(C)(C)C(O)c1cncs1. The lowest BCUT2D eigenvalue weighted by Crippen LogP contribution is -2.32. The van der Waals surface area contributed by atoms with Crippen LogP contribution < -0.4 is 0 Å². The number of ether oxygens (including phenoxy) is 1. The van der Waals surface area contributed by atoms with Gasteiger partial charge in [-0.25, -0.2) is 0 Å². The maximum atomic E-state index is 11.6. The lowest BCUT2D eigenvalue weighted by atomic mass is 9.86. The van der Waals surface area contributed by atoms with Crippen molar-refractivity contribution in [3.63, 3.8) is 0 Å². The van der Waals surface area contributed by atoms with E-state index in [1.54, 1.807) is 32.5 Å². The lowest BCUT2D eigenvalue weighted by Gasteiger charge is -2.26. The minimum absolute atomic E-state index is 0.317. The van der Waals surface area contributed by atoms with Gasteiger partial charge in [0.15, 0.2) is 0 Å². The molecule has 1 N–H and O–H groups in total. The van der Waals surface area contributed by atoms with Gasteiger partial charge in [0.05, 0.1) is 22.4 Å². The monoisotopic (exact) mass is 229 g/mol. The van der Waals surface area contributed by atoms with Crippen molar-refractivity contribution < 1.29 is 14.6 Å². The molecule has 1 heterocycles. The Hall–Kier alpha value is -0.940. The minimum atomic E-state index is -0.942. The van der Waals surface area contributed by atoms with Crippen molar-refractivity contribution in [2.75, 3.05) is 6.61 Å². The van der Waals surface area contributed by atoms with E-state index in [0.29, 0.717) is 11.5 Å². The molecule has 1 unspecified atom stereocenters. The van der Waals surface area contributed by atoms with Crippen molar-refractivity contribution in [2.24, 2.45) is 5.41 Å². The number of thiazole rings is 1. The van der Waals surface area contributed by atoms with Crippen molar-refractivity contribution in [3.8, 4) is 0 Å². The molecule has 0 amide bonds. The smallest absolute Gasteiger partial charge is 0.314 e. The molecule has 0 saturated carbocycles. The number of esters is 1. The third-order valence-corrected chi connectivity index (χ3v) is 3.03. The molecule has 0 aliphatic carbocycles. The molecule has 5 heteroatoms. The van der Waals surface area contributed by atoms with Gasteiger partial charge in [0.1, 0.15) is 6.10 Å². The molecular formula is C10H15NO3S. The van der Waals surface area contributed by atoms with Gasteiger partial charge in [0.2, 0.25) is 0 Å². The summed E-state index contributed by atoms with van der Waals surface area (Å²) in [7, 11) is 0. The third kappa shape index (κ3) is 2.54. The first kappa shape index (κ1) is 12.1. The molecule has 0 spiro atoms. The van der Waals surface area contributed by atoms with E-state index in [4.69, 9.17) is 4.74 Å². The summed E-state index contributed by atoms with van der Waals surface area (Å²) in [6, 6.07) is 0. The summed E-state index contributed by atoms with van der Waals surface area (Å²) < 4.78 is 4.91. The molecule has 0 aromatic carbocycles. The van der Waals surface area contributed by atoms with Crippen LogP contribution in [0, 0.1) is 5.41 Å². The van der Waals surface area contributed by atoms with Crippen LogP contribution in [0.25, 0.3) is 0 Å².